The van der Waals surface area contributed by atoms with Gasteiger partial charge in [-0.05, 0) is 44.5 Å². The molecule has 2 N–H and O–H groups in total. The van der Waals surface area contributed by atoms with Gasteiger partial charge in [-0.2, -0.15) is 0 Å². The van der Waals surface area contributed by atoms with Crippen LogP contribution in [0.15, 0.2) is 41.4 Å². The number of thiophene rings is 1. The molecule has 1 unspecified atom stereocenters. The van der Waals surface area contributed by atoms with Gasteiger partial charge in [0.2, 0.25) is 0 Å². The molecule has 0 bridgehead atoms. The van der Waals surface area contributed by atoms with Gasteiger partial charge in [-0.1, -0.05) is 17.7 Å². The van der Waals surface area contributed by atoms with E-state index in [1.807, 2.05) is 18.4 Å². The number of rotatable bonds is 4. The summed E-state index contributed by atoms with van der Waals surface area (Å²) in [6.45, 7) is 7.19. The maximum atomic E-state index is 4.36. The summed E-state index contributed by atoms with van der Waals surface area (Å²) in [6.07, 6.45) is 1.13. The second kappa shape index (κ2) is 7.71. The van der Waals surface area contributed by atoms with Crippen LogP contribution in [-0.4, -0.2) is 32.1 Å². The van der Waals surface area contributed by atoms with E-state index >= 15 is 0 Å². The number of anilines is 1. The number of hydrogen-bond donors (Lipinski definition) is 2. The Labute approximate surface area is 148 Å². The van der Waals surface area contributed by atoms with E-state index in [0.717, 1.165) is 32.0 Å². The van der Waals surface area contributed by atoms with Crippen molar-refractivity contribution in [3.63, 3.8) is 0 Å². The first-order valence-electron chi connectivity index (χ1n) is 8.48. The lowest BCUT2D eigenvalue weighted by Crippen LogP contribution is -2.44. The van der Waals surface area contributed by atoms with Crippen LogP contribution in [0.25, 0.3) is 0 Å². The Balaban J connectivity index is 1.50. The van der Waals surface area contributed by atoms with Crippen LogP contribution in [0.4, 0.5) is 5.69 Å². The number of aliphatic imine (C=N–C) groups is 1. The van der Waals surface area contributed by atoms with Crippen LogP contribution < -0.4 is 15.5 Å². The van der Waals surface area contributed by atoms with E-state index in [0.29, 0.717) is 6.04 Å². The van der Waals surface area contributed by atoms with Gasteiger partial charge in [0.15, 0.2) is 5.96 Å². The van der Waals surface area contributed by atoms with E-state index in [4.69, 9.17) is 0 Å². The molecule has 0 spiro atoms. The molecular weight excluding hydrogens is 316 g/mol. The fourth-order valence-corrected chi connectivity index (χ4v) is 3.84. The summed E-state index contributed by atoms with van der Waals surface area (Å²) in [5.74, 6) is 0.886. The third-order valence-corrected chi connectivity index (χ3v) is 5.38. The zero-order valence-corrected chi connectivity index (χ0v) is 15.5. The summed E-state index contributed by atoms with van der Waals surface area (Å²) in [5.41, 5.74) is 2.61. The zero-order valence-electron chi connectivity index (χ0n) is 14.7. The van der Waals surface area contributed by atoms with Crippen molar-refractivity contribution < 1.29 is 0 Å². The highest BCUT2D eigenvalue weighted by molar-refractivity contribution is 7.11. The summed E-state index contributed by atoms with van der Waals surface area (Å²) in [7, 11) is 1.84. The third-order valence-electron chi connectivity index (χ3n) is 4.38. The van der Waals surface area contributed by atoms with Gasteiger partial charge in [-0.25, -0.2) is 0 Å². The number of nitrogens with zero attached hydrogens (tertiary/aromatic N) is 2. The molecule has 1 atom stereocenters. The second-order valence-electron chi connectivity index (χ2n) is 6.35. The van der Waals surface area contributed by atoms with Crippen LogP contribution in [0.5, 0.6) is 0 Å². The predicted molar refractivity (Wildman–Crippen MR) is 104 cm³/mol. The standard InChI is InChI=1S/C19H26N4S/c1-14-4-7-17(8-5-14)23-11-10-16(13-23)22-19(20-3)21-12-18-9-6-15(2)24-18/h4-9,16H,10-13H2,1-3H3,(H2,20,21,22). The van der Waals surface area contributed by atoms with Crippen LogP contribution >= 0.6 is 11.3 Å². The van der Waals surface area contributed by atoms with Crippen molar-refractivity contribution in [2.24, 2.45) is 4.99 Å². The fraction of sp³-hybridized carbons (Fsp3) is 0.421. The first-order chi connectivity index (χ1) is 11.6. The molecule has 3 rings (SSSR count). The molecule has 1 aliphatic rings. The van der Waals surface area contributed by atoms with Crippen LogP contribution in [0.2, 0.25) is 0 Å². The number of hydrogen-bond acceptors (Lipinski definition) is 3. The average molecular weight is 343 g/mol. The van der Waals surface area contributed by atoms with Gasteiger partial charge >= 0.3 is 0 Å². The van der Waals surface area contributed by atoms with Crippen molar-refractivity contribution in [3.8, 4) is 0 Å². The lowest BCUT2D eigenvalue weighted by Gasteiger charge is -2.20. The van der Waals surface area contributed by atoms with Crippen LogP contribution in [0.3, 0.4) is 0 Å². The zero-order chi connectivity index (χ0) is 16.9. The van der Waals surface area contributed by atoms with E-state index in [1.54, 1.807) is 0 Å². The summed E-state index contributed by atoms with van der Waals surface area (Å²) in [6, 6.07) is 13.6. The summed E-state index contributed by atoms with van der Waals surface area (Å²) in [5, 5.41) is 6.97. The first-order valence-corrected chi connectivity index (χ1v) is 9.30. The lowest BCUT2D eigenvalue weighted by atomic mass is 10.2. The Hall–Kier alpha value is -2.01. The van der Waals surface area contributed by atoms with Gasteiger partial charge in [-0.15, -0.1) is 11.3 Å². The number of benzene rings is 1. The molecule has 5 heteroatoms. The van der Waals surface area contributed by atoms with Crippen molar-refractivity contribution in [2.75, 3.05) is 25.0 Å². The number of nitrogens with one attached hydrogen (secondary N) is 2. The smallest absolute Gasteiger partial charge is 0.191 e. The maximum Gasteiger partial charge on any atom is 0.191 e. The molecule has 0 aliphatic carbocycles. The maximum absolute atomic E-state index is 4.36. The molecule has 0 saturated carbocycles. The summed E-state index contributed by atoms with van der Waals surface area (Å²) in [4.78, 5) is 9.48. The minimum atomic E-state index is 0.433. The number of aryl methyl sites for hydroxylation is 2. The molecular formula is C19H26N4S. The highest BCUT2D eigenvalue weighted by atomic mass is 32.1. The van der Waals surface area contributed by atoms with Crippen LogP contribution in [0.1, 0.15) is 21.7 Å². The SMILES string of the molecule is CN=C(NCc1ccc(C)s1)NC1CCN(c2ccc(C)cc2)C1. The van der Waals surface area contributed by atoms with Crippen molar-refractivity contribution in [3.05, 3.63) is 51.7 Å². The number of guanidine groups is 1. The van der Waals surface area contributed by atoms with Crippen molar-refractivity contribution in [1.82, 2.24) is 10.6 Å². The summed E-state index contributed by atoms with van der Waals surface area (Å²) < 4.78 is 0. The second-order valence-corrected chi connectivity index (χ2v) is 7.72. The molecule has 1 aromatic heterocycles. The molecule has 0 radical (unpaired) electrons. The van der Waals surface area contributed by atoms with Gasteiger partial charge < -0.3 is 15.5 Å². The van der Waals surface area contributed by atoms with Gasteiger partial charge in [0, 0.05) is 41.6 Å². The normalized spacial score (nSPS) is 18.0. The summed E-state index contributed by atoms with van der Waals surface area (Å²) >= 11 is 1.83. The molecule has 24 heavy (non-hydrogen) atoms. The van der Waals surface area contributed by atoms with Gasteiger partial charge in [0.1, 0.15) is 0 Å². The molecule has 1 saturated heterocycles. The highest BCUT2D eigenvalue weighted by Gasteiger charge is 2.23. The van der Waals surface area contributed by atoms with Gasteiger partial charge in [-0.3, -0.25) is 4.99 Å². The largest absolute Gasteiger partial charge is 0.369 e. The molecule has 1 fully saturated rings. The lowest BCUT2D eigenvalue weighted by molar-refractivity contribution is 0.649. The monoisotopic (exact) mass is 342 g/mol. The van der Waals surface area contributed by atoms with Gasteiger partial charge in [0.25, 0.3) is 0 Å². The van der Waals surface area contributed by atoms with Crippen molar-refractivity contribution in [1.29, 1.82) is 0 Å². The molecule has 1 aromatic carbocycles. The highest BCUT2D eigenvalue weighted by Crippen LogP contribution is 2.20. The molecule has 1 aliphatic heterocycles. The van der Waals surface area contributed by atoms with Crippen molar-refractivity contribution in [2.45, 2.75) is 32.9 Å². The van der Waals surface area contributed by atoms with E-state index in [-0.39, 0.29) is 0 Å². The molecule has 128 valence electrons. The van der Waals surface area contributed by atoms with E-state index < -0.39 is 0 Å². The Morgan fingerprint density at radius 3 is 2.67 bits per heavy atom. The average Bonchev–Trinajstić information content (AvgIpc) is 3.21. The van der Waals surface area contributed by atoms with E-state index in [9.17, 15) is 0 Å². The van der Waals surface area contributed by atoms with Gasteiger partial charge in [0.05, 0.1) is 6.54 Å². The Morgan fingerprint density at radius 1 is 1.21 bits per heavy atom. The first kappa shape index (κ1) is 16.8. The molecule has 2 heterocycles. The topological polar surface area (TPSA) is 39.7 Å². The minimum Gasteiger partial charge on any atom is -0.369 e. The fourth-order valence-electron chi connectivity index (χ4n) is 3.01. The van der Waals surface area contributed by atoms with Crippen molar-refractivity contribution >= 4 is 23.0 Å². The Morgan fingerprint density at radius 2 is 2.00 bits per heavy atom. The molecule has 4 nitrogen and oxygen atoms in total. The minimum absolute atomic E-state index is 0.433. The molecule has 2 aromatic rings. The molecule has 0 amide bonds. The third kappa shape index (κ3) is 4.29. The Kier molecular flexibility index (Phi) is 5.41. The van der Waals surface area contributed by atoms with Crippen LogP contribution in [-0.2, 0) is 6.54 Å². The van der Waals surface area contributed by atoms with E-state index in [1.165, 1.54) is 21.0 Å². The Bertz CT molecular complexity index is 690. The van der Waals surface area contributed by atoms with E-state index in [2.05, 4.69) is 70.8 Å². The van der Waals surface area contributed by atoms with Crippen LogP contribution in [0, 0.1) is 13.8 Å². The quantitative estimate of drug-likeness (QED) is 0.661. The predicted octanol–water partition coefficient (Wildman–Crippen LogP) is 3.31.